The zero-order valence-electron chi connectivity index (χ0n) is 11.9. The van der Waals surface area contributed by atoms with Crippen molar-refractivity contribution in [3.05, 3.63) is 64.7 Å². The lowest BCUT2D eigenvalue weighted by molar-refractivity contribution is -0.0501. The van der Waals surface area contributed by atoms with Crippen LogP contribution in [0.25, 0.3) is 0 Å². The predicted octanol–water partition coefficient (Wildman–Crippen LogP) is 4.33. The molecule has 110 valence electrons. The van der Waals surface area contributed by atoms with Crippen LogP contribution in [-0.2, 0) is 6.42 Å². The minimum atomic E-state index is -2.94. The first kappa shape index (κ1) is 15.2. The van der Waals surface area contributed by atoms with E-state index in [1.165, 1.54) is 12.1 Å². The van der Waals surface area contributed by atoms with E-state index >= 15 is 0 Å². The van der Waals surface area contributed by atoms with Crippen molar-refractivity contribution in [1.29, 1.82) is 0 Å². The molecular formula is C17H16F2O2. The Bertz CT molecular complexity index is 651. The van der Waals surface area contributed by atoms with Crippen LogP contribution in [0.4, 0.5) is 8.78 Å². The van der Waals surface area contributed by atoms with Gasteiger partial charge in [-0.15, -0.1) is 0 Å². The molecule has 4 heteroatoms. The Balaban J connectivity index is 2.22. The van der Waals surface area contributed by atoms with E-state index < -0.39 is 6.61 Å². The molecule has 0 heterocycles. The summed E-state index contributed by atoms with van der Waals surface area (Å²) < 4.78 is 29.1. The SMILES string of the molecule is Cc1ccc(CC(=O)c2ccccc2OC(F)F)cc1C. The van der Waals surface area contributed by atoms with Crippen molar-refractivity contribution in [2.75, 3.05) is 0 Å². The molecule has 2 nitrogen and oxygen atoms in total. The number of Topliss-reactive ketones (excluding diaryl/α,β-unsaturated/α-hetero) is 1. The van der Waals surface area contributed by atoms with Crippen molar-refractivity contribution in [2.24, 2.45) is 0 Å². The number of halogens is 2. The lowest BCUT2D eigenvalue weighted by Gasteiger charge is -2.10. The molecule has 0 aliphatic heterocycles. The largest absolute Gasteiger partial charge is 0.434 e. The summed E-state index contributed by atoms with van der Waals surface area (Å²) in [5.41, 5.74) is 3.27. The molecule has 0 aliphatic carbocycles. The molecular weight excluding hydrogens is 274 g/mol. The Morgan fingerprint density at radius 3 is 2.48 bits per heavy atom. The number of carbonyl (C=O) groups excluding carboxylic acids is 1. The summed E-state index contributed by atoms with van der Waals surface area (Å²) in [4.78, 5) is 12.3. The van der Waals surface area contributed by atoms with Gasteiger partial charge in [-0.05, 0) is 42.7 Å². The third kappa shape index (κ3) is 3.88. The van der Waals surface area contributed by atoms with Crippen LogP contribution in [0.5, 0.6) is 5.75 Å². The fourth-order valence-corrected chi connectivity index (χ4v) is 2.09. The zero-order valence-corrected chi connectivity index (χ0v) is 11.9. The van der Waals surface area contributed by atoms with Crippen molar-refractivity contribution < 1.29 is 18.3 Å². The summed E-state index contributed by atoms with van der Waals surface area (Å²) in [6, 6.07) is 11.8. The number of para-hydroxylation sites is 1. The van der Waals surface area contributed by atoms with Crippen LogP contribution in [0.15, 0.2) is 42.5 Å². The van der Waals surface area contributed by atoms with Crippen LogP contribution >= 0.6 is 0 Å². The van der Waals surface area contributed by atoms with Gasteiger partial charge in [0.1, 0.15) is 5.75 Å². The molecule has 21 heavy (non-hydrogen) atoms. The molecule has 0 amide bonds. The molecule has 0 N–H and O–H groups in total. The zero-order chi connectivity index (χ0) is 15.4. The molecule has 0 bridgehead atoms. The van der Waals surface area contributed by atoms with Gasteiger partial charge in [-0.1, -0.05) is 30.3 Å². The van der Waals surface area contributed by atoms with Crippen molar-refractivity contribution in [1.82, 2.24) is 0 Å². The average Bonchev–Trinajstić information content (AvgIpc) is 2.43. The molecule has 0 saturated carbocycles. The summed E-state index contributed by atoms with van der Waals surface area (Å²) in [6.45, 7) is 1.02. The summed E-state index contributed by atoms with van der Waals surface area (Å²) in [6.07, 6.45) is 0.157. The number of rotatable bonds is 5. The first-order chi connectivity index (χ1) is 9.97. The van der Waals surface area contributed by atoms with Gasteiger partial charge in [0.2, 0.25) is 0 Å². The Morgan fingerprint density at radius 2 is 1.81 bits per heavy atom. The maximum absolute atomic E-state index is 12.4. The summed E-state index contributed by atoms with van der Waals surface area (Å²) in [5, 5.41) is 0. The van der Waals surface area contributed by atoms with E-state index in [4.69, 9.17) is 0 Å². The first-order valence-corrected chi connectivity index (χ1v) is 6.60. The number of ether oxygens (including phenoxy) is 1. The average molecular weight is 290 g/mol. The summed E-state index contributed by atoms with van der Waals surface area (Å²) in [7, 11) is 0. The van der Waals surface area contributed by atoms with E-state index in [1.54, 1.807) is 12.1 Å². The van der Waals surface area contributed by atoms with Crippen molar-refractivity contribution >= 4 is 5.78 Å². The van der Waals surface area contributed by atoms with E-state index in [-0.39, 0.29) is 23.5 Å². The molecule has 0 spiro atoms. The third-order valence-corrected chi connectivity index (χ3v) is 3.34. The molecule has 0 unspecified atom stereocenters. The molecule has 0 atom stereocenters. The van der Waals surface area contributed by atoms with Crippen LogP contribution in [0, 0.1) is 13.8 Å². The maximum Gasteiger partial charge on any atom is 0.387 e. The maximum atomic E-state index is 12.4. The smallest absolute Gasteiger partial charge is 0.387 e. The van der Waals surface area contributed by atoms with Gasteiger partial charge in [0.25, 0.3) is 0 Å². The van der Waals surface area contributed by atoms with E-state index in [2.05, 4.69) is 4.74 Å². The van der Waals surface area contributed by atoms with Crippen molar-refractivity contribution in [3.63, 3.8) is 0 Å². The second-order valence-electron chi connectivity index (χ2n) is 4.89. The molecule has 2 rings (SSSR count). The highest BCUT2D eigenvalue weighted by Crippen LogP contribution is 2.22. The number of ketones is 1. The first-order valence-electron chi connectivity index (χ1n) is 6.60. The molecule has 0 radical (unpaired) electrons. The Labute approximate surface area is 122 Å². The molecule has 2 aromatic carbocycles. The monoisotopic (exact) mass is 290 g/mol. The predicted molar refractivity (Wildman–Crippen MR) is 77.0 cm³/mol. The van der Waals surface area contributed by atoms with Crippen LogP contribution < -0.4 is 4.74 Å². The molecule has 0 fully saturated rings. The van der Waals surface area contributed by atoms with Gasteiger partial charge < -0.3 is 4.74 Å². The van der Waals surface area contributed by atoms with Gasteiger partial charge in [0, 0.05) is 6.42 Å². The second kappa shape index (κ2) is 6.48. The van der Waals surface area contributed by atoms with E-state index in [1.807, 2.05) is 32.0 Å². The van der Waals surface area contributed by atoms with E-state index in [0.717, 1.165) is 16.7 Å². The number of carbonyl (C=O) groups is 1. The quantitative estimate of drug-likeness (QED) is 0.766. The van der Waals surface area contributed by atoms with Gasteiger partial charge in [0.05, 0.1) is 5.56 Å². The van der Waals surface area contributed by atoms with Gasteiger partial charge in [0.15, 0.2) is 5.78 Å². The number of hydrogen-bond acceptors (Lipinski definition) is 2. The highest BCUT2D eigenvalue weighted by atomic mass is 19.3. The number of benzene rings is 2. The number of alkyl halides is 2. The summed E-state index contributed by atoms with van der Waals surface area (Å²) >= 11 is 0. The van der Waals surface area contributed by atoms with Crippen molar-refractivity contribution in [2.45, 2.75) is 26.9 Å². The Hall–Kier alpha value is -2.23. The van der Waals surface area contributed by atoms with E-state index in [9.17, 15) is 13.6 Å². The van der Waals surface area contributed by atoms with Gasteiger partial charge in [-0.2, -0.15) is 8.78 Å². The fourth-order valence-electron chi connectivity index (χ4n) is 2.09. The minimum Gasteiger partial charge on any atom is -0.434 e. The molecule has 0 saturated heterocycles. The minimum absolute atomic E-state index is 0.0821. The van der Waals surface area contributed by atoms with Crippen LogP contribution in [0.1, 0.15) is 27.0 Å². The van der Waals surface area contributed by atoms with Gasteiger partial charge >= 0.3 is 6.61 Å². The van der Waals surface area contributed by atoms with Crippen LogP contribution in [-0.4, -0.2) is 12.4 Å². The fraction of sp³-hybridized carbons (Fsp3) is 0.235. The van der Waals surface area contributed by atoms with Gasteiger partial charge in [-0.25, -0.2) is 0 Å². The topological polar surface area (TPSA) is 26.3 Å². The molecule has 2 aromatic rings. The van der Waals surface area contributed by atoms with Crippen molar-refractivity contribution in [3.8, 4) is 5.75 Å². The Morgan fingerprint density at radius 1 is 1.10 bits per heavy atom. The third-order valence-electron chi connectivity index (χ3n) is 3.34. The summed E-state index contributed by atoms with van der Waals surface area (Å²) in [5.74, 6) is -0.323. The highest BCUT2D eigenvalue weighted by molar-refractivity contribution is 6.00. The molecule has 0 aliphatic rings. The number of hydrogen-bond donors (Lipinski definition) is 0. The standard InChI is InChI=1S/C17H16F2O2/c1-11-7-8-13(9-12(11)2)10-15(20)14-5-3-4-6-16(14)21-17(18)19/h3-9,17H,10H2,1-2H3. The van der Waals surface area contributed by atoms with Gasteiger partial charge in [-0.3, -0.25) is 4.79 Å². The van der Waals surface area contributed by atoms with Crippen LogP contribution in [0.3, 0.4) is 0 Å². The molecule has 0 aromatic heterocycles. The Kier molecular flexibility index (Phi) is 4.68. The highest BCUT2D eigenvalue weighted by Gasteiger charge is 2.15. The van der Waals surface area contributed by atoms with Crippen LogP contribution in [0.2, 0.25) is 0 Å². The lowest BCUT2D eigenvalue weighted by atomic mass is 9.99. The second-order valence-corrected chi connectivity index (χ2v) is 4.89. The lowest BCUT2D eigenvalue weighted by Crippen LogP contribution is -2.10. The van der Waals surface area contributed by atoms with E-state index in [0.29, 0.717) is 0 Å². The number of aryl methyl sites for hydroxylation is 2. The normalized spacial score (nSPS) is 10.7.